The Labute approximate surface area is 115 Å². The van der Waals surface area contributed by atoms with Crippen LogP contribution in [0.2, 0.25) is 0 Å². The van der Waals surface area contributed by atoms with Crippen LogP contribution in [0.5, 0.6) is 5.75 Å². The lowest BCUT2D eigenvalue weighted by atomic mass is 10.2. The van der Waals surface area contributed by atoms with E-state index in [1.165, 1.54) is 12.1 Å². The summed E-state index contributed by atoms with van der Waals surface area (Å²) in [5, 5.41) is 0. The molecule has 9 heteroatoms. The first-order valence-corrected chi connectivity index (χ1v) is 6.49. The van der Waals surface area contributed by atoms with Gasteiger partial charge in [-0.05, 0) is 18.4 Å². The van der Waals surface area contributed by atoms with Crippen LogP contribution in [0.1, 0.15) is 5.56 Å². The third-order valence-corrected chi connectivity index (χ3v) is 3.18. The normalized spacial score (nSPS) is 12.8. The molecule has 0 aliphatic carbocycles. The number of halogens is 6. The van der Waals surface area contributed by atoms with Gasteiger partial charge in [-0.25, -0.2) is 0 Å². The summed E-state index contributed by atoms with van der Waals surface area (Å²) in [5.74, 6) is -0.515. The Hall–Kier alpha value is -1.09. The molecule has 0 radical (unpaired) electrons. The van der Waals surface area contributed by atoms with Gasteiger partial charge in [0.25, 0.3) is 6.10 Å². The van der Waals surface area contributed by atoms with Gasteiger partial charge in [0, 0.05) is 17.0 Å². The molecular formula is C11H11F6NOS. The van der Waals surface area contributed by atoms with E-state index in [-0.39, 0.29) is 12.1 Å². The van der Waals surface area contributed by atoms with Crippen LogP contribution in [-0.4, -0.2) is 24.7 Å². The first-order valence-electron chi connectivity index (χ1n) is 5.27. The lowest BCUT2D eigenvalue weighted by Crippen LogP contribution is -2.46. The predicted molar refractivity (Wildman–Crippen MR) is 62.6 cm³/mol. The Bertz CT molecular complexity index is 445. The number of hydrogen-bond acceptors (Lipinski definition) is 3. The fraction of sp³-hybridized carbons (Fsp3) is 0.455. The van der Waals surface area contributed by atoms with Gasteiger partial charge in [0.15, 0.2) is 0 Å². The van der Waals surface area contributed by atoms with Crippen molar-refractivity contribution in [2.45, 2.75) is 29.9 Å². The van der Waals surface area contributed by atoms with Crippen molar-refractivity contribution in [3.8, 4) is 5.75 Å². The van der Waals surface area contributed by atoms with E-state index in [9.17, 15) is 26.3 Å². The average molecular weight is 319 g/mol. The summed E-state index contributed by atoms with van der Waals surface area (Å²) in [4.78, 5) is 0.466. The predicted octanol–water partition coefficient (Wildman–Crippen LogP) is 3.74. The number of hydrogen-bond donors (Lipinski definition) is 1. The molecule has 0 atom stereocenters. The van der Waals surface area contributed by atoms with Gasteiger partial charge >= 0.3 is 12.4 Å². The number of thioether (sulfide) groups is 1. The fourth-order valence-corrected chi connectivity index (χ4v) is 2.14. The molecule has 0 saturated heterocycles. The van der Waals surface area contributed by atoms with Crippen LogP contribution < -0.4 is 10.5 Å². The van der Waals surface area contributed by atoms with Crippen LogP contribution in [-0.2, 0) is 6.54 Å². The topological polar surface area (TPSA) is 35.2 Å². The van der Waals surface area contributed by atoms with Crippen molar-refractivity contribution in [1.29, 1.82) is 0 Å². The molecule has 1 rings (SSSR count). The molecule has 0 aliphatic rings. The number of nitrogens with two attached hydrogens (primary N) is 1. The highest BCUT2D eigenvalue weighted by molar-refractivity contribution is 7.98. The van der Waals surface area contributed by atoms with Crippen molar-refractivity contribution < 1.29 is 31.1 Å². The highest BCUT2D eigenvalue weighted by atomic mass is 32.2. The van der Waals surface area contributed by atoms with E-state index in [2.05, 4.69) is 4.74 Å². The van der Waals surface area contributed by atoms with Crippen molar-refractivity contribution in [2.24, 2.45) is 5.73 Å². The molecule has 1 aromatic carbocycles. The van der Waals surface area contributed by atoms with Crippen molar-refractivity contribution >= 4 is 11.8 Å². The van der Waals surface area contributed by atoms with E-state index in [0.29, 0.717) is 4.90 Å². The summed E-state index contributed by atoms with van der Waals surface area (Å²) in [6, 6.07) is 3.88. The molecule has 0 aliphatic heterocycles. The van der Waals surface area contributed by atoms with Crippen molar-refractivity contribution in [3.63, 3.8) is 0 Å². The summed E-state index contributed by atoms with van der Waals surface area (Å²) in [6.45, 7) is -0.227. The van der Waals surface area contributed by atoms with E-state index in [1.807, 2.05) is 0 Å². The molecule has 0 spiro atoms. The zero-order chi connectivity index (χ0) is 15.6. The SMILES string of the molecule is CSc1cccc(OC(C(F)(F)F)C(F)(F)F)c1CN. The van der Waals surface area contributed by atoms with E-state index in [1.54, 1.807) is 6.26 Å². The number of benzene rings is 1. The summed E-state index contributed by atoms with van der Waals surface area (Å²) in [7, 11) is 0. The van der Waals surface area contributed by atoms with Crippen molar-refractivity contribution in [1.82, 2.24) is 0 Å². The molecule has 0 fully saturated rings. The molecule has 0 heterocycles. The minimum absolute atomic E-state index is 0.110. The highest BCUT2D eigenvalue weighted by Crippen LogP contribution is 2.38. The maximum atomic E-state index is 12.4. The zero-order valence-electron chi connectivity index (χ0n) is 10.2. The Morgan fingerprint density at radius 1 is 1.15 bits per heavy atom. The molecule has 2 N–H and O–H groups in total. The van der Waals surface area contributed by atoms with Gasteiger partial charge in [-0.2, -0.15) is 26.3 Å². The van der Waals surface area contributed by atoms with E-state index >= 15 is 0 Å². The monoisotopic (exact) mass is 319 g/mol. The second-order valence-corrected chi connectivity index (χ2v) is 4.57. The Balaban J connectivity index is 3.19. The molecule has 0 saturated carbocycles. The molecule has 0 unspecified atom stereocenters. The first-order chi connectivity index (χ1) is 9.11. The second kappa shape index (κ2) is 6.13. The smallest absolute Gasteiger partial charge is 0.434 e. The van der Waals surface area contributed by atoms with Gasteiger partial charge in [-0.15, -0.1) is 11.8 Å². The van der Waals surface area contributed by atoms with Crippen LogP contribution >= 0.6 is 11.8 Å². The fourth-order valence-electron chi connectivity index (χ4n) is 1.49. The molecular weight excluding hydrogens is 308 g/mol. The average Bonchev–Trinajstić information content (AvgIpc) is 2.32. The number of rotatable bonds is 4. The Morgan fingerprint density at radius 2 is 1.70 bits per heavy atom. The first kappa shape index (κ1) is 17.0. The van der Waals surface area contributed by atoms with E-state index < -0.39 is 24.2 Å². The van der Waals surface area contributed by atoms with Crippen LogP contribution in [0.3, 0.4) is 0 Å². The maximum absolute atomic E-state index is 12.4. The standard InChI is InChI=1S/C11H11F6NOS/c1-20-8-4-2-3-7(6(8)5-18)19-9(10(12,13)14)11(15,16)17/h2-4,9H,5,18H2,1H3. The highest BCUT2D eigenvalue weighted by Gasteiger charge is 2.59. The van der Waals surface area contributed by atoms with Gasteiger partial charge < -0.3 is 10.5 Å². The third kappa shape index (κ3) is 3.95. The van der Waals surface area contributed by atoms with Crippen LogP contribution in [0, 0.1) is 0 Å². The van der Waals surface area contributed by atoms with Gasteiger partial charge in [0.05, 0.1) is 0 Å². The van der Waals surface area contributed by atoms with Crippen molar-refractivity contribution in [2.75, 3.05) is 6.26 Å². The second-order valence-electron chi connectivity index (χ2n) is 3.72. The zero-order valence-corrected chi connectivity index (χ0v) is 11.0. The lowest BCUT2D eigenvalue weighted by molar-refractivity contribution is -0.300. The molecule has 20 heavy (non-hydrogen) atoms. The Morgan fingerprint density at radius 3 is 2.10 bits per heavy atom. The number of ether oxygens (including phenoxy) is 1. The van der Waals surface area contributed by atoms with Gasteiger partial charge in [0.2, 0.25) is 0 Å². The van der Waals surface area contributed by atoms with Crippen LogP contribution in [0.4, 0.5) is 26.3 Å². The quantitative estimate of drug-likeness (QED) is 0.678. The largest absolute Gasteiger partial charge is 0.471 e. The number of alkyl halides is 6. The molecule has 114 valence electrons. The van der Waals surface area contributed by atoms with Crippen LogP contribution in [0.15, 0.2) is 23.1 Å². The summed E-state index contributed by atoms with van der Waals surface area (Å²) < 4.78 is 78.8. The summed E-state index contributed by atoms with van der Waals surface area (Å²) in [6.07, 6.45) is -13.4. The molecule has 2 nitrogen and oxygen atoms in total. The molecule has 0 aromatic heterocycles. The maximum Gasteiger partial charge on any atom is 0.434 e. The summed E-state index contributed by atoms with van der Waals surface area (Å²) >= 11 is 1.15. The van der Waals surface area contributed by atoms with E-state index in [4.69, 9.17) is 5.73 Å². The third-order valence-electron chi connectivity index (χ3n) is 2.35. The minimum atomic E-state index is -5.56. The van der Waals surface area contributed by atoms with Gasteiger partial charge in [-0.3, -0.25) is 0 Å². The van der Waals surface area contributed by atoms with Gasteiger partial charge in [-0.1, -0.05) is 6.07 Å². The van der Waals surface area contributed by atoms with Gasteiger partial charge in [0.1, 0.15) is 5.75 Å². The van der Waals surface area contributed by atoms with E-state index in [0.717, 1.165) is 17.8 Å². The van der Waals surface area contributed by atoms with Crippen molar-refractivity contribution in [3.05, 3.63) is 23.8 Å². The van der Waals surface area contributed by atoms with Crippen LogP contribution in [0.25, 0.3) is 0 Å². The summed E-state index contributed by atoms with van der Waals surface area (Å²) in [5.41, 5.74) is 5.47. The lowest BCUT2D eigenvalue weighted by Gasteiger charge is -2.25. The molecule has 0 bridgehead atoms. The molecule has 1 aromatic rings. The Kier molecular flexibility index (Phi) is 5.20. The molecule has 0 amide bonds. The minimum Gasteiger partial charge on any atom is -0.471 e.